The van der Waals surface area contributed by atoms with Crippen LogP contribution in [0, 0.1) is 13.8 Å². The van der Waals surface area contributed by atoms with Gasteiger partial charge in [-0.3, -0.25) is 0 Å². The molecule has 1 N–H and O–H groups in total. The summed E-state index contributed by atoms with van der Waals surface area (Å²) in [6.07, 6.45) is 1.63. The van der Waals surface area contributed by atoms with Crippen LogP contribution in [0.5, 0.6) is 0 Å². The van der Waals surface area contributed by atoms with Crippen LogP contribution in [0.3, 0.4) is 0 Å². The molecular formula is C15H19N3S. The Hall–Kier alpha value is -1.55. The molecular weight excluding hydrogens is 254 g/mol. The Morgan fingerprint density at radius 3 is 2.79 bits per heavy atom. The van der Waals surface area contributed by atoms with Crippen molar-refractivity contribution >= 4 is 17.6 Å². The molecule has 100 valence electrons. The second-order valence-electron chi connectivity index (χ2n) is 4.46. The van der Waals surface area contributed by atoms with Gasteiger partial charge in [0, 0.05) is 17.9 Å². The second-order valence-corrected chi connectivity index (χ2v) is 5.42. The van der Waals surface area contributed by atoms with E-state index in [1.807, 2.05) is 0 Å². The van der Waals surface area contributed by atoms with Crippen LogP contribution in [-0.2, 0) is 5.75 Å². The standard InChI is InChI=1S/C15H19N3S/c1-4-16-14-12(3)15(18-10-17-14)19-9-13-7-5-6-11(2)8-13/h5-8,10H,4,9H2,1-3H3,(H,16,17,18). The van der Waals surface area contributed by atoms with Crippen LogP contribution in [-0.4, -0.2) is 16.5 Å². The van der Waals surface area contributed by atoms with E-state index in [0.29, 0.717) is 0 Å². The second kappa shape index (κ2) is 6.57. The van der Waals surface area contributed by atoms with Gasteiger partial charge in [0.15, 0.2) is 0 Å². The summed E-state index contributed by atoms with van der Waals surface area (Å²) >= 11 is 1.76. The van der Waals surface area contributed by atoms with Gasteiger partial charge in [0.1, 0.15) is 17.2 Å². The van der Waals surface area contributed by atoms with Crippen molar-refractivity contribution in [3.05, 3.63) is 47.3 Å². The predicted octanol–water partition coefficient (Wildman–Crippen LogP) is 3.82. The highest BCUT2D eigenvalue weighted by atomic mass is 32.2. The Morgan fingerprint density at radius 1 is 1.21 bits per heavy atom. The first-order valence-electron chi connectivity index (χ1n) is 6.44. The molecule has 2 rings (SSSR count). The molecule has 1 aromatic heterocycles. The van der Waals surface area contributed by atoms with Gasteiger partial charge in [0.2, 0.25) is 0 Å². The van der Waals surface area contributed by atoms with Crippen LogP contribution >= 0.6 is 11.8 Å². The van der Waals surface area contributed by atoms with Crippen molar-refractivity contribution in [2.45, 2.75) is 31.6 Å². The van der Waals surface area contributed by atoms with Crippen LogP contribution in [0.4, 0.5) is 5.82 Å². The van der Waals surface area contributed by atoms with Crippen molar-refractivity contribution in [2.24, 2.45) is 0 Å². The van der Waals surface area contributed by atoms with Crippen molar-refractivity contribution in [3.63, 3.8) is 0 Å². The largest absolute Gasteiger partial charge is 0.370 e. The SMILES string of the molecule is CCNc1ncnc(SCc2cccc(C)c2)c1C. The number of hydrogen-bond donors (Lipinski definition) is 1. The first kappa shape index (κ1) is 13.9. The van der Waals surface area contributed by atoms with Crippen LogP contribution < -0.4 is 5.32 Å². The molecule has 0 radical (unpaired) electrons. The molecule has 0 aliphatic rings. The zero-order valence-corrected chi connectivity index (χ0v) is 12.4. The van der Waals surface area contributed by atoms with E-state index in [1.54, 1.807) is 18.1 Å². The zero-order valence-electron chi connectivity index (χ0n) is 11.6. The zero-order chi connectivity index (χ0) is 13.7. The average Bonchev–Trinajstić information content (AvgIpc) is 2.40. The third-order valence-electron chi connectivity index (χ3n) is 2.84. The lowest BCUT2D eigenvalue weighted by Gasteiger charge is -2.09. The summed E-state index contributed by atoms with van der Waals surface area (Å²) in [5.74, 6) is 1.87. The highest BCUT2D eigenvalue weighted by Crippen LogP contribution is 2.26. The summed E-state index contributed by atoms with van der Waals surface area (Å²) in [6, 6.07) is 8.59. The molecule has 1 heterocycles. The summed E-state index contributed by atoms with van der Waals surface area (Å²) in [5.41, 5.74) is 3.75. The number of benzene rings is 1. The molecule has 1 aromatic carbocycles. The molecule has 0 saturated carbocycles. The number of aromatic nitrogens is 2. The Morgan fingerprint density at radius 2 is 2.05 bits per heavy atom. The number of nitrogens with one attached hydrogen (secondary N) is 1. The maximum atomic E-state index is 4.37. The van der Waals surface area contributed by atoms with E-state index in [-0.39, 0.29) is 0 Å². The van der Waals surface area contributed by atoms with Gasteiger partial charge in [-0.2, -0.15) is 0 Å². The molecule has 0 fully saturated rings. The third kappa shape index (κ3) is 3.70. The topological polar surface area (TPSA) is 37.8 Å². The molecule has 19 heavy (non-hydrogen) atoms. The number of hydrogen-bond acceptors (Lipinski definition) is 4. The van der Waals surface area contributed by atoms with E-state index in [1.165, 1.54) is 11.1 Å². The van der Waals surface area contributed by atoms with Crippen LogP contribution in [0.1, 0.15) is 23.6 Å². The first-order chi connectivity index (χ1) is 9.20. The van der Waals surface area contributed by atoms with E-state index in [9.17, 15) is 0 Å². The summed E-state index contributed by atoms with van der Waals surface area (Å²) in [4.78, 5) is 8.63. The van der Waals surface area contributed by atoms with Crippen LogP contribution in [0.25, 0.3) is 0 Å². The van der Waals surface area contributed by atoms with Crippen molar-refractivity contribution in [3.8, 4) is 0 Å². The van der Waals surface area contributed by atoms with Crippen molar-refractivity contribution in [1.29, 1.82) is 0 Å². The van der Waals surface area contributed by atoms with Crippen molar-refractivity contribution in [1.82, 2.24) is 9.97 Å². The number of anilines is 1. The van der Waals surface area contributed by atoms with Crippen molar-refractivity contribution in [2.75, 3.05) is 11.9 Å². The van der Waals surface area contributed by atoms with Gasteiger partial charge in [0.25, 0.3) is 0 Å². The van der Waals surface area contributed by atoms with Crippen LogP contribution in [0.15, 0.2) is 35.6 Å². The fourth-order valence-electron chi connectivity index (χ4n) is 1.88. The van der Waals surface area contributed by atoms with Crippen LogP contribution in [0.2, 0.25) is 0 Å². The Balaban J connectivity index is 2.09. The predicted molar refractivity (Wildman–Crippen MR) is 81.7 cm³/mol. The highest BCUT2D eigenvalue weighted by Gasteiger charge is 2.07. The van der Waals surface area contributed by atoms with Gasteiger partial charge in [-0.25, -0.2) is 9.97 Å². The molecule has 4 heteroatoms. The number of rotatable bonds is 5. The van der Waals surface area contributed by atoms with Gasteiger partial charge >= 0.3 is 0 Å². The molecule has 2 aromatic rings. The van der Waals surface area contributed by atoms with Crippen molar-refractivity contribution < 1.29 is 0 Å². The smallest absolute Gasteiger partial charge is 0.133 e. The molecule has 0 atom stereocenters. The minimum atomic E-state index is 0.875. The fourth-order valence-corrected chi connectivity index (χ4v) is 2.80. The molecule has 0 amide bonds. The maximum Gasteiger partial charge on any atom is 0.133 e. The quantitative estimate of drug-likeness (QED) is 0.664. The molecule has 0 aliphatic heterocycles. The summed E-state index contributed by atoms with van der Waals surface area (Å²) < 4.78 is 0. The monoisotopic (exact) mass is 273 g/mol. The minimum Gasteiger partial charge on any atom is -0.370 e. The van der Waals surface area contributed by atoms with E-state index in [4.69, 9.17) is 0 Å². The number of aryl methyl sites for hydroxylation is 1. The lowest BCUT2D eigenvalue weighted by Crippen LogP contribution is -2.03. The molecule has 3 nitrogen and oxygen atoms in total. The van der Waals surface area contributed by atoms with E-state index >= 15 is 0 Å². The van der Waals surface area contributed by atoms with Gasteiger partial charge in [0.05, 0.1) is 0 Å². The van der Waals surface area contributed by atoms with Gasteiger partial charge in [-0.05, 0) is 26.3 Å². The van der Waals surface area contributed by atoms with Gasteiger partial charge in [-0.15, -0.1) is 11.8 Å². The third-order valence-corrected chi connectivity index (χ3v) is 4.00. The fraction of sp³-hybridized carbons (Fsp3) is 0.333. The highest BCUT2D eigenvalue weighted by molar-refractivity contribution is 7.98. The van der Waals surface area contributed by atoms with E-state index < -0.39 is 0 Å². The molecule has 0 unspecified atom stereocenters. The summed E-state index contributed by atoms with van der Waals surface area (Å²) in [6.45, 7) is 7.13. The summed E-state index contributed by atoms with van der Waals surface area (Å²) in [5, 5.41) is 4.31. The molecule has 0 saturated heterocycles. The van der Waals surface area contributed by atoms with Gasteiger partial charge < -0.3 is 5.32 Å². The lowest BCUT2D eigenvalue weighted by molar-refractivity contribution is 0.990. The lowest BCUT2D eigenvalue weighted by atomic mass is 10.2. The Kier molecular flexibility index (Phi) is 4.80. The normalized spacial score (nSPS) is 10.5. The Labute approximate surface area is 118 Å². The van der Waals surface area contributed by atoms with E-state index in [2.05, 4.69) is 60.3 Å². The number of thioether (sulfide) groups is 1. The first-order valence-corrected chi connectivity index (χ1v) is 7.43. The maximum absolute atomic E-state index is 4.37. The van der Waals surface area contributed by atoms with E-state index in [0.717, 1.165) is 28.7 Å². The van der Waals surface area contributed by atoms with Gasteiger partial charge in [-0.1, -0.05) is 29.8 Å². The Bertz CT molecular complexity index is 555. The molecule has 0 bridgehead atoms. The summed E-state index contributed by atoms with van der Waals surface area (Å²) in [7, 11) is 0. The molecule has 0 spiro atoms. The number of nitrogens with zero attached hydrogens (tertiary/aromatic N) is 2. The minimum absolute atomic E-state index is 0.875. The molecule has 0 aliphatic carbocycles. The average molecular weight is 273 g/mol.